The molecule has 104 valence electrons. The largest absolute Gasteiger partial charge is 0.478 e. The third-order valence-electron chi connectivity index (χ3n) is 3.32. The van der Waals surface area contributed by atoms with Crippen LogP contribution in [0.2, 0.25) is 0 Å². The standard InChI is InChI=1S/C14H20N2O3/c1-3-11-7-10(14(17)18)8-13(15-11)16-12-4-5-19-9(2)6-12/h7-9,12H,3-6H2,1-2H3,(H,15,16)(H,17,18). The van der Waals surface area contributed by atoms with Gasteiger partial charge in [-0.1, -0.05) is 6.92 Å². The van der Waals surface area contributed by atoms with Crippen LogP contribution in [0.5, 0.6) is 0 Å². The van der Waals surface area contributed by atoms with Gasteiger partial charge in [-0.15, -0.1) is 0 Å². The highest BCUT2D eigenvalue weighted by atomic mass is 16.5. The van der Waals surface area contributed by atoms with E-state index in [1.54, 1.807) is 12.1 Å². The van der Waals surface area contributed by atoms with Crippen molar-refractivity contribution in [3.8, 4) is 0 Å². The topological polar surface area (TPSA) is 71.5 Å². The maximum Gasteiger partial charge on any atom is 0.335 e. The molecule has 0 radical (unpaired) electrons. The lowest BCUT2D eigenvalue weighted by molar-refractivity contribution is 0.0231. The van der Waals surface area contributed by atoms with E-state index in [9.17, 15) is 4.79 Å². The normalized spacial score (nSPS) is 23.1. The molecule has 1 aromatic rings. The Morgan fingerprint density at radius 1 is 1.58 bits per heavy atom. The van der Waals surface area contributed by atoms with Gasteiger partial charge in [0.25, 0.3) is 0 Å². The second-order valence-corrected chi connectivity index (χ2v) is 4.94. The lowest BCUT2D eigenvalue weighted by Crippen LogP contribution is -2.32. The summed E-state index contributed by atoms with van der Waals surface area (Å²) in [6.45, 7) is 4.75. The van der Waals surface area contributed by atoms with E-state index in [1.807, 2.05) is 13.8 Å². The number of nitrogens with zero attached hydrogens (tertiary/aromatic N) is 1. The fraction of sp³-hybridized carbons (Fsp3) is 0.571. The molecule has 1 aliphatic rings. The average Bonchev–Trinajstić information content (AvgIpc) is 2.38. The zero-order valence-corrected chi connectivity index (χ0v) is 11.3. The first kappa shape index (κ1) is 13.8. The molecule has 0 saturated carbocycles. The Bertz CT molecular complexity index is 462. The maximum atomic E-state index is 11.1. The van der Waals surface area contributed by atoms with Gasteiger partial charge in [0, 0.05) is 18.3 Å². The first-order chi connectivity index (χ1) is 9.08. The van der Waals surface area contributed by atoms with Crippen LogP contribution in [-0.2, 0) is 11.2 Å². The van der Waals surface area contributed by atoms with Crippen molar-refractivity contribution in [1.29, 1.82) is 0 Å². The molecule has 1 aromatic heterocycles. The number of aromatic carboxylic acids is 1. The van der Waals surface area contributed by atoms with E-state index < -0.39 is 5.97 Å². The number of hydrogen-bond acceptors (Lipinski definition) is 4. The minimum absolute atomic E-state index is 0.236. The molecule has 2 atom stereocenters. The third-order valence-corrected chi connectivity index (χ3v) is 3.32. The monoisotopic (exact) mass is 264 g/mol. The van der Waals surface area contributed by atoms with Gasteiger partial charge in [-0.3, -0.25) is 0 Å². The number of rotatable bonds is 4. The summed E-state index contributed by atoms with van der Waals surface area (Å²) in [7, 11) is 0. The Balaban J connectivity index is 2.14. The predicted molar refractivity (Wildman–Crippen MR) is 72.6 cm³/mol. The van der Waals surface area contributed by atoms with Crippen LogP contribution in [0.1, 0.15) is 42.7 Å². The first-order valence-electron chi connectivity index (χ1n) is 6.71. The molecule has 0 aliphatic carbocycles. The summed E-state index contributed by atoms with van der Waals surface area (Å²) in [5.41, 5.74) is 1.08. The number of carboxylic acids is 1. The highest BCUT2D eigenvalue weighted by Crippen LogP contribution is 2.19. The minimum Gasteiger partial charge on any atom is -0.478 e. The zero-order chi connectivity index (χ0) is 13.8. The molecule has 5 heteroatoms. The van der Waals surface area contributed by atoms with E-state index in [0.717, 1.165) is 31.6 Å². The summed E-state index contributed by atoms with van der Waals surface area (Å²) >= 11 is 0. The highest BCUT2D eigenvalue weighted by molar-refractivity contribution is 5.88. The van der Waals surface area contributed by atoms with Gasteiger partial charge in [0.05, 0.1) is 11.7 Å². The lowest BCUT2D eigenvalue weighted by Gasteiger charge is -2.28. The molecule has 0 bridgehead atoms. The number of anilines is 1. The molecule has 2 unspecified atom stereocenters. The molecule has 0 aromatic carbocycles. The Morgan fingerprint density at radius 2 is 2.37 bits per heavy atom. The van der Waals surface area contributed by atoms with Crippen molar-refractivity contribution in [2.75, 3.05) is 11.9 Å². The van der Waals surface area contributed by atoms with Crippen LogP contribution >= 0.6 is 0 Å². The molecule has 1 aliphatic heterocycles. The van der Waals surface area contributed by atoms with Gasteiger partial charge >= 0.3 is 5.97 Å². The molecule has 5 nitrogen and oxygen atoms in total. The van der Waals surface area contributed by atoms with Crippen molar-refractivity contribution in [2.24, 2.45) is 0 Å². The van der Waals surface area contributed by atoms with Crippen LogP contribution in [0, 0.1) is 0 Å². The molecule has 2 N–H and O–H groups in total. The summed E-state index contributed by atoms with van der Waals surface area (Å²) in [5.74, 6) is -0.267. The van der Waals surface area contributed by atoms with Crippen LogP contribution in [0.15, 0.2) is 12.1 Å². The van der Waals surface area contributed by atoms with Gasteiger partial charge < -0.3 is 15.2 Å². The Hall–Kier alpha value is -1.62. The Kier molecular flexibility index (Phi) is 4.37. The van der Waals surface area contributed by atoms with Crippen molar-refractivity contribution in [3.63, 3.8) is 0 Å². The molecule has 1 saturated heterocycles. The zero-order valence-electron chi connectivity index (χ0n) is 11.3. The molecule has 0 amide bonds. The van der Waals surface area contributed by atoms with Crippen molar-refractivity contribution < 1.29 is 14.6 Å². The number of carbonyl (C=O) groups is 1. The Labute approximate surface area is 113 Å². The van der Waals surface area contributed by atoms with E-state index in [4.69, 9.17) is 9.84 Å². The average molecular weight is 264 g/mol. The van der Waals surface area contributed by atoms with Gasteiger partial charge in [0.2, 0.25) is 0 Å². The van der Waals surface area contributed by atoms with Crippen molar-refractivity contribution in [2.45, 2.75) is 45.3 Å². The number of aryl methyl sites for hydroxylation is 1. The Morgan fingerprint density at radius 3 is 3.00 bits per heavy atom. The number of carboxylic acid groups (broad SMARTS) is 1. The van der Waals surface area contributed by atoms with Gasteiger partial charge in [-0.25, -0.2) is 9.78 Å². The summed E-state index contributed by atoms with van der Waals surface area (Å²) < 4.78 is 5.50. The maximum absolute atomic E-state index is 11.1. The van der Waals surface area contributed by atoms with E-state index in [-0.39, 0.29) is 11.7 Å². The van der Waals surface area contributed by atoms with E-state index in [0.29, 0.717) is 11.9 Å². The van der Waals surface area contributed by atoms with Crippen LogP contribution in [0.25, 0.3) is 0 Å². The quantitative estimate of drug-likeness (QED) is 0.873. The number of hydrogen-bond donors (Lipinski definition) is 2. The van der Waals surface area contributed by atoms with Gasteiger partial charge in [-0.2, -0.15) is 0 Å². The van der Waals surface area contributed by atoms with E-state index in [2.05, 4.69) is 10.3 Å². The van der Waals surface area contributed by atoms with E-state index in [1.165, 1.54) is 0 Å². The SMILES string of the molecule is CCc1cc(C(=O)O)cc(NC2CCOC(C)C2)n1. The molecule has 2 heterocycles. The van der Waals surface area contributed by atoms with Crippen LogP contribution < -0.4 is 5.32 Å². The molecule has 2 rings (SSSR count). The van der Waals surface area contributed by atoms with Crippen molar-refractivity contribution in [3.05, 3.63) is 23.4 Å². The highest BCUT2D eigenvalue weighted by Gasteiger charge is 2.20. The third kappa shape index (κ3) is 3.67. The number of aromatic nitrogens is 1. The number of pyridine rings is 1. The molecular weight excluding hydrogens is 244 g/mol. The molecule has 1 fully saturated rings. The van der Waals surface area contributed by atoms with Crippen LogP contribution in [0.3, 0.4) is 0 Å². The van der Waals surface area contributed by atoms with Crippen molar-refractivity contribution in [1.82, 2.24) is 4.98 Å². The fourth-order valence-corrected chi connectivity index (χ4v) is 2.30. The first-order valence-corrected chi connectivity index (χ1v) is 6.71. The van der Waals surface area contributed by atoms with Gasteiger partial charge in [-0.05, 0) is 38.3 Å². The number of nitrogens with one attached hydrogen (secondary N) is 1. The molecule has 19 heavy (non-hydrogen) atoms. The van der Waals surface area contributed by atoms with Crippen LogP contribution in [0.4, 0.5) is 5.82 Å². The van der Waals surface area contributed by atoms with Gasteiger partial charge in [0.15, 0.2) is 0 Å². The fourth-order valence-electron chi connectivity index (χ4n) is 2.30. The summed E-state index contributed by atoms with van der Waals surface area (Å²) in [4.78, 5) is 15.5. The minimum atomic E-state index is -0.916. The lowest BCUT2D eigenvalue weighted by atomic mass is 10.0. The summed E-state index contributed by atoms with van der Waals surface area (Å²) in [6.07, 6.45) is 2.80. The second kappa shape index (κ2) is 6.02. The van der Waals surface area contributed by atoms with Crippen LogP contribution in [-0.4, -0.2) is 34.8 Å². The van der Waals surface area contributed by atoms with Crippen molar-refractivity contribution >= 4 is 11.8 Å². The predicted octanol–water partition coefficient (Wildman–Crippen LogP) is 2.32. The second-order valence-electron chi connectivity index (χ2n) is 4.94. The number of ether oxygens (including phenoxy) is 1. The van der Waals surface area contributed by atoms with E-state index >= 15 is 0 Å². The smallest absolute Gasteiger partial charge is 0.335 e. The molecular formula is C14H20N2O3. The molecule has 0 spiro atoms. The summed E-state index contributed by atoms with van der Waals surface area (Å²) in [5, 5.41) is 12.4. The summed E-state index contributed by atoms with van der Waals surface area (Å²) in [6, 6.07) is 3.52. The van der Waals surface area contributed by atoms with Gasteiger partial charge in [0.1, 0.15) is 5.82 Å².